The zero-order chi connectivity index (χ0) is 18.1. The van der Waals surface area contributed by atoms with Crippen LogP contribution in [0.2, 0.25) is 0 Å². The summed E-state index contributed by atoms with van der Waals surface area (Å²) in [6.45, 7) is 1.20. The van der Waals surface area contributed by atoms with Gasteiger partial charge in [0.2, 0.25) is 5.88 Å². The molecule has 1 aromatic rings. The number of alkyl halides is 5. The van der Waals surface area contributed by atoms with E-state index in [9.17, 15) is 22.0 Å². The van der Waals surface area contributed by atoms with Gasteiger partial charge in [-0.05, 0) is 37.6 Å². The molecule has 0 saturated carbocycles. The summed E-state index contributed by atoms with van der Waals surface area (Å²) in [5.74, 6) is -2.88. The van der Waals surface area contributed by atoms with Crippen LogP contribution < -0.4 is 10.1 Å². The topological polar surface area (TPSA) is 37.4 Å². The summed E-state index contributed by atoms with van der Waals surface area (Å²) in [4.78, 5) is 5.02. The van der Waals surface area contributed by atoms with Gasteiger partial charge in [-0.2, -0.15) is 13.2 Å². The Balaban J connectivity index is 1.77. The zero-order valence-corrected chi connectivity index (χ0v) is 13.6. The fourth-order valence-electron chi connectivity index (χ4n) is 3.14. The van der Waals surface area contributed by atoms with Crippen molar-refractivity contribution in [2.24, 2.45) is 0 Å². The van der Waals surface area contributed by atoms with Gasteiger partial charge in [0, 0.05) is 25.6 Å². The first-order valence-electron chi connectivity index (χ1n) is 8.27. The molecule has 25 heavy (non-hydrogen) atoms. The molecular formula is C16H20F5N3O. The molecule has 3 heterocycles. The second kappa shape index (κ2) is 7.03. The molecule has 2 aliphatic heterocycles. The maximum Gasteiger partial charge on any atom is 0.433 e. The number of nitrogens with one attached hydrogen (secondary N) is 1. The molecule has 9 heteroatoms. The van der Waals surface area contributed by atoms with E-state index in [0.29, 0.717) is 12.8 Å². The monoisotopic (exact) mass is 365 g/mol. The molecule has 0 spiro atoms. The van der Waals surface area contributed by atoms with E-state index >= 15 is 0 Å². The largest absolute Gasteiger partial charge is 0.474 e. The number of nitrogens with zero attached hydrogens (tertiary/aromatic N) is 2. The maximum atomic E-state index is 13.3. The van der Waals surface area contributed by atoms with Crippen LogP contribution in [0.25, 0.3) is 0 Å². The Kier molecular flexibility index (Phi) is 5.15. The fourth-order valence-corrected chi connectivity index (χ4v) is 3.14. The second-order valence-corrected chi connectivity index (χ2v) is 6.58. The van der Waals surface area contributed by atoms with Gasteiger partial charge in [0.25, 0.3) is 5.92 Å². The highest BCUT2D eigenvalue weighted by atomic mass is 19.4. The average molecular weight is 365 g/mol. The van der Waals surface area contributed by atoms with Crippen LogP contribution >= 0.6 is 0 Å². The van der Waals surface area contributed by atoms with E-state index in [-0.39, 0.29) is 37.1 Å². The highest BCUT2D eigenvalue weighted by molar-refractivity contribution is 5.27. The Morgan fingerprint density at radius 1 is 1.24 bits per heavy atom. The molecular weight excluding hydrogens is 345 g/mol. The molecule has 140 valence electrons. The van der Waals surface area contributed by atoms with Crippen molar-refractivity contribution in [3.63, 3.8) is 0 Å². The van der Waals surface area contributed by atoms with Gasteiger partial charge in [0.15, 0.2) is 0 Å². The number of piperidine rings is 1. The van der Waals surface area contributed by atoms with Crippen LogP contribution in [0.3, 0.4) is 0 Å². The molecule has 0 amide bonds. The average Bonchev–Trinajstić information content (AvgIpc) is 2.86. The Bertz CT molecular complexity index is 602. The van der Waals surface area contributed by atoms with Gasteiger partial charge in [-0.1, -0.05) is 0 Å². The number of pyridine rings is 1. The van der Waals surface area contributed by atoms with Gasteiger partial charge >= 0.3 is 6.18 Å². The van der Waals surface area contributed by atoms with Gasteiger partial charge in [-0.25, -0.2) is 13.8 Å². The minimum atomic E-state index is -4.61. The van der Waals surface area contributed by atoms with E-state index in [1.165, 1.54) is 11.0 Å². The first kappa shape index (κ1) is 18.3. The van der Waals surface area contributed by atoms with Crippen molar-refractivity contribution < 1.29 is 26.7 Å². The molecule has 2 fully saturated rings. The van der Waals surface area contributed by atoms with Gasteiger partial charge in [-0.3, -0.25) is 4.90 Å². The molecule has 0 radical (unpaired) electrons. The Morgan fingerprint density at radius 2 is 1.96 bits per heavy atom. The van der Waals surface area contributed by atoms with Crippen LogP contribution in [0.4, 0.5) is 22.0 Å². The van der Waals surface area contributed by atoms with Crippen LogP contribution in [0.5, 0.6) is 5.88 Å². The lowest BCUT2D eigenvalue weighted by molar-refractivity contribution is -0.141. The van der Waals surface area contributed by atoms with E-state index in [4.69, 9.17) is 4.74 Å². The minimum Gasteiger partial charge on any atom is -0.474 e. The normalized spacial score (nSPS) is 22.3. The molecule has 1 aromatic heterocycles. The quantitative estimate of drug-likeness (QED) is 0.833. The van der Waals surface area contributed by atoms with Crippen molar-refractivity contribution in [3.05, 3.63) is 23.4 Å². The molecule has 4 nitrogen and oxygen atoms in total. The summed E-state index contributed by atoms with van der Waals surface area (Å²) in [6.07, 6.45) is -3.71. The summed E-state index contributed by atoms with van der Waals surface area (Å²) >= 11 is 0. The number of likely N-dealkylation sites (tertiary alicyclic amines) is 1. The molecule has 1 N–H and O–H groups in total. The Labute approximate surface area is 142 Å². The van der Waals surface area contributed by atoms with Crippen molar-refractivity contribution in [2.45, 2.75) is 44.0 Å². The molecule has 0 unspecified atom stereocenters. The van der Waals surface area contributed by atoms with Gasteiger partial charge in [-0.15, -0.1) is 0 Å². The van der Waals surface area contributed by atoms with E-state index in [2.05, 4.69) is 10.3 Å². The smallest absolute Gasteiger partial charge is 0.433 e. The predicted molar refractivity (Wildman–Crippen MR) is 80.6 cm³/mol. The molecule has 2 aliphatic rings. The number of hydrogen-bond acceptors (Lipinski definition) is 4. The zero-order valence-electron chi connectivity index (χ0n) is 13.6. The van der Waals surface area contributed by atoms with Crippen molar-refractivity contribution in [2.75, 3.05) is 26.2 Å². The fraction of sp³-hybridized carbons (Fsp3) is 0.688. The van der Waals surface area contributed by atoms with Crippen LogP contribution in [0, 0.1) is 0 Å². The number of ether oxygens (including phenoxy) is 1. The van der Waals surface area contributed by atoms with Crippen molar-refractivity contribution in [1.29, 1.82) is 0 Å². The molecule has 0 aliphatic carbocycles. The van der Waals surface area contributed by atoms with E-state index in [0.717, 1.165) is 19.2 Å². The molecule has 2 saturated heterocycles. The van der Waals surface area contributed by atoms with Crippen molar-refractivity contribution >= 4 is 0 Å². The minimum absolute atomic E-state index is 0.0176. The predicted octanol–water partition coefficient (Wildman–Crippen LogP) is 3.07. The Hall–Kier alpha value is -1.48. The summed E-state index contributed by atoms with van der Waals surface area (Å²) < 4.78 is 71.5. The number of rotatable bonds is 4. The number of aromatic nitrogens is 1. The SMILES string of the molecule is FC1(F)CCN(Cc2cc(OC3CCNCC3)nc(C(F)(F)F)c2)C1. The lowest BCUT2D eigenvalue weighted by Gasteiger charge is -2.24. The van der Waals surface area contributed by atoms with Crippen LogP contribution in [-0.2, 0) is 12.7 Å². The summed E-state index contributed by atoms with van der Waals surface area (Å²) in [5.41, 5.74) is -0.774. The number of hydrogen-bond donors (Lipinski definition) is 1. The van der Waals surface area contributed by atoms with Crippen molar-refractivity contribution in [1.82, 2.24) is 15.2 Å². The van der Waals surface area contributed by atoms with Gasteiger partial charge < -0.3 is 10.1 Å². The van der Waals surface area contributed by atoms with Crippen LogP contribution in [-0.4, -0.2) is 48.1 Å². The first-order chi connectivity index (χ1) is 11.7. The third-order valence-corrected chi connectivity index (χ3v) is 4.38. The third kappa shape index (κ3) is 5.01. The van der Waals surface area contributed by atoms with E-state index in [1.54, 1.807) is 0 Å². The van der Waals surface area contributed by atoms with Gasteiger partial charge in [0.1, 0.15) is 11.8 Å². The molecule has 0 atom stereocenters. The molecule has 0 bridgehead atoms. The first-order valence-corrected chi connectivity index (χ1v) is 8.27. The van der Waals surface area contributed by atoms with E-state index in [1.807, 2.05) is 0 Å². The lowest BCUT2D eigenvalue weighted by atomic mass is 10.1. The summed E-state index contributed by atoms with van der Waals surface area (Å²) in [6, 6.07) is 2.33. The van der Waals surface area contributed by atoms with E-state index < -0.39 is 24.3 Å². The van der Waals surface area contributed by atoms with Gasteiger partial charge in [0.05, 0.1) is 6.54 Å². The maximum absolute atomic E-state index is 13.3. The Morgan fingerprint density at radius 3 is 2.56 bits per heavy atom. The highest BCUT2D eigenvalue weighted by Gasteiger charge is 2.38. The molecule has 0 aromatic carbocycles. The lowest BCUT2D eigenvalue weighted by Crippen LogP contribution is -2.34. The summed E-state index contributed by atoms with van der Waals surface area (Å²) in [7, 11) is 0. The summed E-state index contributed by atoms with van der Waals surface area (Å²) in [5, 5.41) is 3.15. The van der Waals surface area contributed by atoms with Crippen molar-refractivity contribution in [3.8, 4) is 5.88 Å². The standard InChI is InChI=1S/C16H20F5N3O/c17-15(18)3-6-24(10-15)9-11-7-13(16(19,20)21)23-14(8-11)25-12-1-4-22-5-2-12/h7-8,12,22H,1-6,9-10H2. The third-order valence-electron chi connectivity index (χ3n) is 4.38. The number of halogens is 5. The van der Waals surface area contributed by atoms with Crippen LogP contribution in [0.15, 0.2) is 12.1 Å². The second-order valence-electron chi connectivity index (χ2n) is 6.58. The highest BCUT2D eigenvalue weighted by Crippen LogP contribution is 2.32. The van der Waals surface area contributed by atoms with Crippen LogP contribution in [0.1, 0.15) is 30.5 Å². The molecule has 3 rings (SSSR count).